The summed E-state index contributed by atoms with van der Waals surface area (Å²) >= 11 is 0. The van der Waals surface area contributed by atoms with Gasteiger partial charge in [-0.1, -0.05) is 30.3 Å². The van der Waals surface area contributed by atoms with Crippen molar-refractivity contribution in [2.24, 2.45) is 0 Å². The lowest BCUT2D eigenvalue weighted by Crippen LogP contribution is -2.23. The number of nitrogens with zero attached hydrogens (tertiary/aromatic N) is 2. The zero-order valence-corrected chi connectivity index (χ0v) is 11.8. The van der Waals surface area contributed by atoms with Crippen LogP contribution in [0.3, 0.4) is 0 Å². The Morgan fingerprint density at radius 1 is 1.16 bits per heavy atom. The minimum atomic E-state index is -0.276. The predicted molar refractivity (Wildman–Crippen MR) is 75.3 cm³/mol. The van der Waals surface area contributed by atoms with Crippen LogP contribution in [0.1, 0.15) is 48.2 Å². The number of aryl methyl sites for hydroxylation is 1. The Kier molecular flexibility index (Phi) is 3.47. The normalized spacial score (nSPS) is 11.4. The van der Waals surface area contributed by atoms with E-state index in [-0.39, 0.29) is 11.2 Å². The SMILES string of the molecule is CC(=O)c1cnc(C(C)(C)c2ccccc2)nc1C. The molecule has 3 heteroatoms. The summed E-state index contributed by atoms with van der Waals surface area (Å²) in [6.45, 7) is 7.56. The smallest absolute Gasteiger partial charge is 0.163 e. The van der Waals surface area contributed by atoms with Crippen molar-refractivity contribution in [1.82, 2.24) is 9.97 Å². The van der Waals surface area contributed by atoms with Crippen molar-refractivity contribution < 1.29 is 4.79 Å². The highest BCUT2D eigenvalue weighted by molar-refractivity contribution is 5.94. The van der Waals surface area contributed by atoms with Gasteiger partial charge in [-0.05, 0) is 33.3 Å². The monoisotopic (exact) mass is 254 g/mol. The molecule has 0 saturated carbocycles. The minimum Gasteiger partial charge on any atom is -0.294 e. The van der Waals surface area contributed by atoms with Crippen molar-refractivity contribution in [3.8, 4) is 0 Å². The zero-order valence-electron chi connectivity index (χ0n) is 11.8. The van der Waals surface area contributed by atoms with Crippen LogP contribution in [0.2, 0.25) is 0 Å². The summed E-state index contributed by atoms with van der Waals surface area (Å²) in [6.07, 6.45) is 1.63. The lowest BCUT2D eigenvalue weighted by molar-refractivity contribution is 0.101. The number of carbonyl (C=O) groups is 1. The van der Waals surface area contributed by atoms with E-state index in [0.717, 1.165) is 17.1 Å². The summed E-state index contributed by atoms with van der Waals surface area (Å²) in [5.41, 5.74) is 2.21. The van der Waals surface area contributed by atoms with Gasteiger partial charge in [0.2, 0.25) is 0 Å². The molecule has 1 aromatic carbocycles. The fraction of sp³-hybridized carbons (Fsp3) is 0.312. The molecule has 3 nitrogen and oxygen atoms in total. The molecule has 19 heavy (non-hydrogen) atoms. The maximum Gasteiger partial charge on any atom is 0.163 e. The Morgan fingerprint density at radius 3 is 2.32 bits per heavy atom. The Morgan fingerprint density at radius 2 is 1.79 bits per heavy atom. The van der Waals surface area contributed by atoms with E-state index in [1.54, 1.807) is 6.20 Å². The summed E-state index contributed by atoms with van der Waals surface area (Å²) in [6, 6.07) is 10.1. The number of benzene rings is 1. The number of rotatable bonds is 3. The first-order valence-corrected chi connectivity index (χ1v) is 6.33. The molecule has 0 spiro atoms. The number of hydrogen-bond donors (Lipinski definition) is 0. The number of aromatic nitrogens is 2. The van der Waals surface area contributed by atoms with Gasteiger partial charge in [0, 0.05) is 11.6 Å². The maximum atomic E-state index is 11.4. The summed E-state index contributed by atoms with van der Waals surface area (Å²) in [7, 11) is 0. The number of Topliss-reactive ketones (excluding diaryl/α,β-unsaturated/α-hetero) is 1. The van der Waals surface area contributed by atoms with Crippen molar-refractivity contribution in [2.45, 2.75) is 33.1 Å². The van der Waals surface area contributed by atoms with E-state index in [1.807, 2.05) is 25.1 Å². The average molecular weight is 254 g/mol. The van der Waals surface area contributed by atoms with Gasteiger partial charge in [0.1, 0.15) is 5.82 Å². The van der Waals surface area contributed by atoms with E-state index in [4.69, 9.17) is 0 Å². The first-order valence-electron chi connectivity index (χ1n) is 6.33. The van der Waals surface area contributed by atoms with Crippen molar-refractivity contribution in [2.75, 3.05) is 0 Å². The lowest BCUT2D eigenvalue weighted by Gasteiger charge is -2.24. The molecule has 0 N–H and O–H groups in total. The maximum absolute atomic E-state index is 11.4. The van der Waals surface area contributed by atoms with Gasteiger partial charge in [0.15, 0.2) is 5.78 Å². The Balaban J connectivity index is 2.47. The Hall–Kier alpha value is -2.03. The van der Waals surface area contributed by atoms with Crippen LogP contribution in [0.15, 0.2) is 36.5 Å². The van der Waals surface area contributed by atoms with Crippen LogP contribution in [0.4, 0.5) is 0 Å². The van der Waals surface area contributed by atoms with E-state index in [9.17, 15) is 4.79 Å². The van der Waals surface area contributed by atoms with Gasteiger partial charge in [-0.2, -0.15) is 0 Å². The van der Waals surface area contributed by atoms with Gasteiger partial charge in [-0.25, -0.2) is 9.97 Å². The van der Waals surface area contributed by atoms with E-state index >= 15 is 0 Å². The molecule has 2 rings (SSSR count). The topological polar surface area (TPSA) is 42.9 Å². The molecule has 0 bridgehead atoms. The molecule has 0 radical (unpaired) electrons. The minimum absolute atomic E-state index is 0.00145. The third-order valence-corrected chi connectivity index (χ3v) is 3.41. The number of hydrogen-bond acceptors (Lipinski definition) is 3. The van der Waals surface area contributed by atoms with Gasteiger partial charge in [0.05, 0.1) is 11.3 Å². The molecular formula is C16H18N2O. The molecule has 98 valence electrons. The fourth-order valence-corrected chi connectivity index (χ4v) is 2.10. The van der Waals surface area contributed by atoms with Crippen LogP contribution in [-0.2, 0) is 5.41 Å². The molecule has 1 heterocycles. The zero-order chi connectivity index (χ0) is 14.0. The summed E-state index contributed by atoms with van der Waals surface area (Å²) in [5.74, 6) is 0.739. The molecule has 0 aliphatic carbocycles. The highest BCUT2D eigenvalue weighted by atomic mass is 16.1. The van der Waals surface area contributed by atoms with Crippen LogP contribution < -0.4 is 0 Å². The van der Waals surface area contributed by atoms with Crippen molar-refractivity contribution in [3.05, 3.63) is 59.2 Å². The van der Waals surface area contributed by atoms with Crippen molar-refractivity contribution in [1.29, 1.82) is 0 Å². The van der Waals surface area contributed by atoms with E-state index < -0.39 is 0 Å². The first-order chi connectivity index (χ1) is 8.93. The van der Waals surface area contributed by atoms with E-state index in [1.165, 1.54) is 6.92 Å². The van der Waals surface area contributed by atoms with Crippen molar-refractivity contribution >= 4 is 5.78 Å². The summed E-state index contributed by atoms with van der Waals surface area (Å²) in [4.78, 5) is 20.3. The van der Waals surface area contributed by atoms with Crippen LogP contribution >= 0.6 is 0 Å². The number of ketones is 1. The van der Waals surface area contributed by atoms with E-state index in [2.05, 4.69) is 35.9 Å². The molecule has 0 saturated heterocycles. The van der Waals surface area contributed by atoms with Crippen LogP contribution in [0.5, 0.6) is 0 Å². The van der Waals surface area contributed by atoms with Gasteiger partial charge < -0.3 is 0 Å². The fourth-order valence-electron chi connectivity index (χ4n) is 2.10. The third-order valence-electron chi connectivity index (χ3n) is 3.41. The quantitative estimate of drug-likeness (QED) is 0.789. The molecule has 0 fully saturated rings. The van der Waals surface area contributed by atoms with Crippen LogP contribution in [0.25, 0.3) is 0 Å². The second kappa shape index (κ2) is 4.92. The lowest BCUT2D eigenvalue weighted by atomic mass is 9.83. The molecule has 2 aromatic rings. The molecule has 0 amide bonds. The molecular weight excluding hydrogens is 236 g/mol. The van der Waals surface area contributed by atoms with E-state index in [0.29, 0.717) is 5.56 Å². The predicted octanol–water partition coefficient (Wildman–Crippen LogP) is 3.31. The summed E-state index contributed by atoms with van der Waals surface area (Å²) in [5, 5.41) is 0. The van der Waals surface area contributed by atoms with Crippen LogP contribution in [0, 0.1) is 6.92 Å². The molecule has 0 aliphatic rings. The first kappa shape index (κ1) is 13.4. The van der Waals surface area contributed by atoms with Gasteiger partial charge >= 0.3 is 0 Å². The highest BCUT2D eigenvalue weighted by Crippen LogP contribution is 2.28. The average Bonchev–Trinajstić information content (AvgIpc) is 2.39. The van der Waals surface area contributed by atoms with Gasteiger partial charge in [-0.15, -0.1) is 0 Å². The standard InChI is InChI=1S/C16H18N2O/c1-11-14(12(2)19)10-17-15(18-11)16(3,4)13-8-6-5-7-9-13/h5-10H,1-4H3. The van der Waals surface area contributed by atoms with Crippen molar-refractivity contribution in [3.63, 3.8) is 0 Å². The van der Waals surface area contributed by atoms with Crippen LogP contribution in [-0.4, -0.2) is 15.8 Å². The Bertz CT molecular complexity index is 603. The molecule has 0 aliphatic heterocycles. The van der Waals surface area contributed by atoms with Gasteiger partial charge in [0.25, 0.3) is 0 Å². The second-order valence-corrected chi connectivity index (χ2v) is 5.24. The number of carbonyl (C=O) groups excluding carboxylic acids is 1. The second-order valence-electron chi connectivity index (χ2n) is 5.24. The third kappa shape index (κ3) is 2.55. The molecule has 1 aromatic heterocycles. The van der Waals surface area contributed by atoms with Gasteiger partial charge in [-0.3, -0.25) is 4.79 Å². The molecule has 0 unspecified atom stereocenters. The summed E-state index contributed by atoms with van der Waals surface area (Å²) < 4.78 is 0. The molecule has 0 atom stereocenters. The highest BCUT2D eigenvalue weighted by Gasteiger charge is 2.26. The largest absolute Gasteiger partial charge is 0.294 e. The Labute approximate surface area is 113 Å².